The van der Waals surface area contributed by atoms with E-state index in [2.05, 4.69) is 29.2 Å². The smallest absolute Gasteiger partial charge is 0.236 e. The number of hydrogen-bond donors (Lipinski definition) is 1. The van der Waals surface area contributed by atoms with Crippen LogP contribution in [0.2, 0.25) is 0 Å². The Bertz CT molecular complexity index is 557. The van der Waals surface area contributed by atoms with Gasteiger partial charge in [0.05, 0.1) is 37.5 Å². The van der Waals surface area contributed by atoms with E-state index in [1.807, 2.05) is 24.0 Å². The molecular formula is C18H30N4O2. The van der Waals surface area contributed by atoms with Gasteiger partial charge in [0.2, 0.25) is 5.91 Å². The summed E-state index contributed by atoms with van der Waals surface area (Å²) in [5.41, 5.74) is 1.15. The molecule has 1 N–H and O–H groups in total. The van der Waals surface area contributed by atoms with Gasteiger partial charge in [-0.05, 0) is 39.2 Å². The van der Waals surface area contributed by atoms with E-state index in [1.165, 1.54) is 12.8 Å². The molecule has 0 bridgehead atoms. The van der Waals surface area contributed by atoms with Crippen molar-refractivity contribution in [3.63, 3.8) is 0 Å². The fourth-order valence-electron chi connectivity index (χ4n) is 3.81. The van der Waals surface area contributed by atoms with Crippen molar-refractivity contribution in [1.82, 2.24) is 20.0 Å². The van der Waals surface area contributed by atoms with Crippen LogP contribution in [-0.2, 0) is 9.53 Å². The number of hydrogen-bond acceptors (Lipinski definition) is 4. The van der Waals surface area contributed by atoms with Crippen molar-refractivity contribution in [2.75, 3.05) is 19.7 Å². The monoisotopic (exact) mass is 334 g/mol. The van der Waals surface area contributed by atoms with Gasteiger partial charge in [0, 0.05) is 18.8 Å². The molecule has 2 heterocycles. The number of aryl methyl sites for hydroxylation is 1. The second kappa shape index (κ2) is 7.66. The highest BCUT2D eigenvalue weighted by atomic mass is 16.5. The second-order valence-electron chi connectivity index (χ2n) is 7.26. The molecule has 0 spiro atoms. The molecule has 0 unspecified atom stereocenters. The summed E-state index contributed by atoms with van der Waals surface area (Å²) in [4.78, 5) is 14.8. The molecule has 1 aromatic rings. The molecule has 4 atom stereocenters. The van der Waals surface area contributed by atoms with Crippen molar-refractivity contribution < 1.29 is 9.53 Å². The van der Waals surface area contributed by atoms with Crippen molar-refractivity contribution >= 4 is 5.91 Å². The lowest BCUT2D eigenvalue weighted by atomic mass is 9.90. The quantitative estimate of drug-likeness (QED) is 0.893. The molecule has 2 aliphatic rings. The maximum absolute atomic E-state index is 12.7. The maximum atomic E-state index is 12.7. The van der Waals surface area contributed by atoms with E-state index < -0.39 is 0 Å². The molecule has 24 heavy (non-hydrogen) atoms. The van der Waals surface area contributed by atoms with E-state index in [0.29, 0.717) is 13.2 Å². The van der Waals surface area contributed by atoms with Gasteiger partial charge in [-0.15, -0.1) is 0 Å². The third-order valence-electron chi connectivity index (χ3n) is 5.50. The zero-order chi connectivity index (χ0) is 17.1. The van der Waals surface area contributed by atoms with E-state index in [1.54, 1.807) is 0 Å². The third kappa shape index (κ3) is 3.81. The Kier molecular flexibility index (Phi) is 5.56. The van der Waals surface area contributed by atoms with Crippen LogP contribution in [0.25, 0.3) is 0 Å². The summed E-state index contributed by atoms with van der Waals surface area (Å²) in [5.74, 6) is 0.200. The number of morpholine rings is 1. The van der Waals surface area contributed by atoms with E-state index in [4.69, 9.17) is 4.74 Å². The Hall–Kier alpha value is -1.40. The van der Waals surface area contributed by atoms with Crippen molar-refractivity contribution in [2.24, 2.45) is 0 Å². The molecule has 134 valence electrons. The number of rotatable bonds is 5. The maximum Gasteiger partial charge on any atom is 0.236 e. The molecule has 1 aromatic heterocycles. The Morgan fingerprint density at radius 1 is 1.42 bits per heavy atom. The highest BCUT2D eigenvalue weighted by Crippen LogP contribution is 2.28. The van der Waals surface area contributed by atoms with Crippen LogP contribution in [0.4, 0.5) is 0 Å². The van der Waals surface area contributed by atoms with E-state index in [9.17, 15) is 4.79 Å². The summed E-state index contributed by atoms with van der Waals surface area (Å²) in [5, 5.41) is 7.76. The van der Waals surface area contributed by atoms with Crippen LogP contribution in [0.5, 0.6) is 0 Å². The van der Waals surface area contributed by atoms with E-state index in [0.717, 1.165) is 24.9 Å². The molecule has 3 rings (SSSR count). The van der Waals surface area contributed by atoms with Gasteiger partial charge in [0.25, 0.3) is 0 Å². The third-order valence-corrected chi connectivity index (χ3v) is 5.50. The number of aromatic nitrogens is 2. The molecule has 1 aliphatic carbocycles. The topological polar surface area (TPSA) is 59.4 Å². The Labute approximate surface area is 144 Å². The van der Waals surface area contributed by atoms with Crippen molar-refractivity contribution in [1.29, 1.82) is 0 Å². The Morgan fingerprint density at radius 2 is 2.21 bits per heavy atom. The van der Waals surface area contributed by atoms with Gasteiger partial charge in [-0.25, -0.2) is 0 Å². The molecule has 1 amide bonds. The number of nitrogens with one attached hydrogen (secondary N) is 1. The van der Waals surface area contributed by atoms with Gasteiger partial charge < -0.3 is 15.0 Å². The van der Waals surface area contributed by atoms with Crippen molar-refractivity contribution in [3.8, 4) is 0 Å². The standard InChI is InChI=1S/C18H30N4O2/c1-13-10-20-22(12-13)15(3)14(2)19-11-18(23)21-8-9-24-17-7-5-4-6-16(17)21/h10,12,14-17,19H,4-9,11H2,1-3H3/t14-,15+,16+,17+/m0/s1. The van der Waals surface area contributed by atoms with Crippen LogP contribution in [-0.4, -0.2) is 58.5 Å². The number of amides is 1. The molecular weight excluding hydrogens is 304 g/mol. The zero-order valence-corrected chi connectivity index (χ0v) is 15.1. The molecule has 6 heteroatoms. The molecule has 0 radical (unpaired) electrons. The summed E-state index contributed by atoms with van der Waals surface area (Å²) >= 11 is 0. The molecule has 0 aromatic carbocycles. The second-order valence-corrected chi connectivity index (χ2v) is 7.26. The molecule has 1 saturated heterocycles. The van der Waals surface area contributed by atoms with Gasteiger partial charge in [0.1, 0.15) is 0 Å². The lowest BCUT2D eigenvalue weighted by Gasteiger charge is -2.44. The number of carbonyl (C=O) groups is 1. The Morgan fingerprint density at radius 3 is 2.96 bits per heavy atom. The van der Waals surface area contributed by atoms with Gasteiger partial charge in [-0.3, -0.25) is 9.48 Å². The zero-order valence-electron chi connectivity index (χ0n) is 15.1. The minimum Gasteiger partial charge on any atom is -0.374 e. The number of fused-ring (bicyclic) bond motifs is 1. The highest BCUT2D eigenvalue weighted by Gasteiger charge is 2.36. The predicted molar refractivity (Wildman–Crippen MR) is 92.8 cm³/mol. The molecule has 6 nitrogen and oxygen atoms in total. The van der Waals surface area contributed by atoms with Crippen molar-refractivity contribution in [2.45, 2.75) is 70.7 Å². The molecule has 1 saturated carbocycles. The first-order valence-corrected chi connectivity index (χ1v) is 9.21. The van der Waals surface area contributed by atoms with Gasteiger partial charge in [-0.1, -0.05) is 12.8 Å². The van der Waals surface area contributed by atoms with Crippen LogP contribution in [0.1, 0.15) is 51.1 Å². The lowest BCUT2D eigenvalue weighted by Crippen LogP contribution is -2.57. The van der Waals surface area contributed by atoms with Crippen molar-refractivity contribution in [3.05, 3.63) is 18.0 Å². The van der Waals surface area contributed by atoms with Crippen LogP contribution in [0, 0.1) is 6.92 Å². The predicted octanol–water partition coefficient (Wildman–Crippen LogP) is 1.90. The van der Waals surface area contributed by atoms with Crippen LogP contribution in [0.15, 0.2) is 12.4 Å². The first-order chi connectivity index (χ1) is 11.6. The largest absolute Gasteiger partial charge is 0.374 e. The summed E-state index contributed by atoms with van der Waals surface area (Å²) < 4.78 is 7.82. The van der Waals surface area contributed by atoms with E-state index >= 15 is 0 Å². The SMILES string of the molecule is Cc1cnn([C@H](C)[C@H](C)NCC(=O)N2CCO[C@@H]3CCCC[C@H]32)c1. The van der Waals surface area contributed by atoms with E-state index in [-0.39, 0.29) is 30.1 Å². The van der Waals surface area contributed by atoms with Gasteiger partial charge in [-0.2, -0.15) is 5.10 Å². The summed E-state index contributed by atoms with van der Waals surface area (Å²) in [7, 11) is 0. The minimum atomic E-state index is 0.177. The fraction of sp³-hybridized carbons (Fsp3) is 0.778. The molecule has 1 aliphatic heterocycles. The normalized spacial score (nSPS) is 26.7. The lowest BCUT2D eigenvalue weighted by molar-refractivity contribution is -0.148. The number of ether oxygens (including phenoxy) is 1. The Balaban J connectivity index is 1.52. The first kappa shape index (κ1) is 17.4. The van der Waals surface area contributed by atoms with Crippen LogP contribution < -0.4 is 5.32 Å². The first-order valence-electron chi connectivity index (χ1n) is 9.21. The summed E-state index contributed by atoms with van der Waals surface area (Å²) in [6.45, 7) is 8.05. The molecule has 2 fully saturated rings. The highest BCUT2D eigenvalue weighted by molar-refractivity contribution is 5.78. The number of nitrogens with zero attached hydrogens (tertiary/aromatic N) is 3. The minimum absolute atomic E-state index is 0.177. The van der Waals surface area contributed by atoms with Gasteiger partial charge >= 0.3 is 0 Å². The van der Waals surface area contributed by atoms with Crippen LogP contribution >= 0.6 is 0 Å². The summed E-state index contributed by atoms with van der Waals surface area (Å²) in [6.07, 6.45) is 8.75. The van der Waals surface area contributed by atoms with Gasteiger partial charge in [0.15, 0.2) is 0 Å². The van der Waals surface area contributed by atoms with Crippen LogP contribution in [0.3, 0.4) is 0 Å². The average molecular weight is 334 g/mol. The summed E-state index contributed by atoms with van der Waals surface area (Å²) in [6, 6.07) is 0.665. The number of carbonyl (C=O) groups excluding carboxylic acids is 1. The average Bonchev–Trinajstić information content (AvgIpc) is 3.04. The fourth-order valence-corrected chi connectivity index (χ4v) is 3.81.